The van der Waals surface area contributed by atoms with Crippen molar-refractivity contribution in [1.82, 2.24) is 5.32 Å². The van der Waals surface area contributed by atoms with Gasteiger partial charge in [0.05, 0.1) is 13.1 Å². The molecule has 0 saturated heterocycles. The van der Waals surface area contributed by atoms with Crippen molar-refractivity contribution in [3.05, 3.63) is 0 Å². The minimum atomic E-state index is -2.98. The summed E-state index contributed by atoms with van der Waals surface area (Å²) in [6.07, 6.45) is 5.99. The predicted octanol–water partition coefficient (Wildman–Crippen LogP) is 2.09. The maximum Gasteiger partial charge on any atom is 0.277 e. The van der Waals surface area contributed by atoms with E-state index in [4.69, 9.17) is 5.73 Å². The normalized spacial score (nSPS) is 17.4. The molecule has 1 saturated carbocycles. The largest absolute Gasteiger partial charge is 0.350 e. The molecule has 1 fully saturated rings. The summed E-state index contributed by atoms with van der Waals surface area (Å²) in [6.45, 7) is -1.37. The fraction of sp³-hybridized carbons (Fsp3) is 0.909. The molecule has 0 aromatic rings. The third kappa shape index (κ3) is 6.78. The van der Waals surface area contributed by atoms with Crippen LogP contribution in [-0.2, 0) is 4.79 Å². The summed E-state index contributed by atoms with van der Waals surface area (Å²) in [4.78, 5) is 11.4. The Morgan fingerprint density at radius 2 is 1.88 bits per heavy atom. The molecule has 0 unspecified atom stereocenters. The Bertz CT molecular complexity index is 234. The molecule has 6 heteroatoms. The minimum absolute atomic E-state index is 0. The molecule has 3 nitrogen and oxygen atoms in total. The van der Waals surface area contributed by atoms with Gasteiger partial charge >= 0.3 is 0 Å². The van der Waals surface area contributed by atoms with E-state index in [1.165, 1.54) is 6.42 Å². The molecule has 3 N–H and O–H groups in total. The first-order chi connectivity index (χ1) is 7.53. The van der Waals surface area contributed by atoms with Crippen LogP contribution in [-0.4, -0.2) is 24.9 Å². The highest BCUT2D eigenvalue weighted by atomic mass is 35.5. The van der Waals surface area contributed by atoms with Crippen molar-refractivity contribution in [2.75, 3.05) is 13.1 Å². The lowest BCUT2D eigenvalue weighted by Gasteiger charge is -2.21. The van der Waals surface area contributed by atoms with Crippen LogP contribution in [0.2, 0.25) is 0 Å². The van der Waals surface area contributed by atoms with E-state index in [2.05, 4.69) is 5.32 Å². The molecule has 0 aliphatic heterocycles. The van der Waals surface area contributed by atoms with Crippen molar-refractivity contribution in [3.8, 4) is 0 Å². The molecular formula is C11H21ClF2N2O. The molecule has 1 rings (SSSR count). The molecule has 0 radical (unpaired) electrons. The fourth-order valence-electron chi connectivity index (χ4n) is 2.03. The summed E-state index contributed by atoms with van der Waals surface area (Å²) in [6, 6.07) is 0. The van der Waals surface area contributed by atoms with E-state index in [9.17, 15) is 13.6 Å². The summed E-state index contributed by atoms with van der Waals surface area (Å²) >= 11 is 0. The Morgan fingerprint density at radius 1 is 1.29 bits per heavy atom. The van der Waals surface area contributed by atoms with Crippen LogP contribution in [0.5, 0.6) is 0 Å². The zero-order valence-electron chi connectivity index (χ0n) is 9.88. The Kier molecular flexibility index (Phi) is 7.63. The number of amides is 1. The first-order valence-electron chi connectivity index (χ1n) is 5.88. The van der Waals surface area contributed by atoms with E-state index in [1.54, 1.807) is 0 Å². The second-order valence-corrected chi connectivity index (χ2v) is 4.54. The fourth-order valence-corrected chi connectivity index (χ4v) is 2.03. The van der Waals surface area contributed by atoms with E-state index in [-0.39, 0.29) is 18.3 Å². The SMILES string of the molecule is Cl.NCC(F)(F)CNC(=O)CC1CCCCC1. The van der Waals surface area contributed by atoms with Gasteiger partial charge in [0.1, 0.15) is 0 Å². The third-order valence-electron chi connectivity index (χ3n) is 3.04. The molecule has 102 valence electrons. The summed E-state index contributed by atoms with van der Waals surface area (Å²) in [5.41, 5.74) is 4.88. The van der Waals surface area contributed by atoms with Crippen molar-refractivity contribution in [1.29, 1.82) is 0 Å². The lowest BCUT2D eigenvalue weighted by molar-refractivity contribution is -0.124. The Labute approximate surface area is 107 Å². The highest BCUT2D eigenvalue weighted by Crippen LogP contribution is 2.26. The van der Waals surface area contributed by atoms with Crippen LogP contribution in [0, 0.1) is 5.92 Å². The topological polar surface area (TPSA) is 55.1 Å². The zero-order chi connectivity index (χ0) is 12.0. The van der Waals surface area contributed by atoms with Crippen LogP contribution in [0.4, 0.5) is 8.78 Å². The van der Waals surface area contributed by atoms with Crippen molar-refractivity contribution >= 4 is 18.3 Å². The molecule has 17 heavy (non-hydrogen) atoms. The average molecular weight is 271 g/mol. The van der Waals surface area contributed by atoms with Crippen molar-refractivity contribution in [2.24, 2.45) is 11.7 Å². The Morgan fingerprint density at radius 3 is 2.41 bits per heavy atom. The van der Waals surface area contributed by atoms with Gasteiger partial charge < -0.3 is 11.1 Å². The van der Waals surface area contributed by atoms with Gasteiger partial charge in [-0.3, -0.25) is 4.79 Å². The van der Waals surface area contributed by atoms with Gasteiger partial charge in [-0.05, 0) is 18.8 Å². The summed E-state index contributed by atoms with van der Waals surface area (Å²) in [7, 11) is 0. The van der Waals surface area contributed by atoms with E-state index in [0.717, 1.165) is 25.7 Å². The molecule has 1 aliphatic carbocycles. The van der Waals surface area contributed by atoms with Crippen LogP contribution >= 0.6 is 12.4 Å². The molecule has 0 heterocycles. The van der Waals surface area contributed by atoms with Crippen LogP contribution in [0.1, 0.15) is 38.5 Å². The number of carbonyl (C=O) groups is 1. The number of alkyl halides is 2. The molecule has 1 amide bonds. The van der Waals surface area contributed by atoms with Gasteiger partial charge in [0.15, 0.2) is 0 Å². The van der Waals surface area contributed by atoms with Gasteiger partial charge in [-0.1, -0.05) is 19.3 Å². The number of nitrogens with one attached hydrogen (secondary N) is 1. The van der Waals surface area contributed by atoms with Crippen molar-refractivity contribution < 1.29 is 13.6 Å². The quantitative estimate of drug-likeness (QED) is 0.804. The smallest absolute Gasteiger partial charge is 0.277 e. The molecule has 0 aromatic carbocycles. The van der Waals surface area contributed by atoms with Crippen LogP contribution in [0.25, 0.3) is 0 Å². The van der Waals surface area contributed by atoms with Crippen molar-refractivity contribution in [2.45, 2.75) is 44.4 Å². The summed E-state index contributed by atoms with van der Waals surface area (Å²) in [5, 5.41) is 2.25. The number of rotatable bonds is 5. The van der Waals surface area contributed by atoms with E-state index < -0.39 is 19.0 Å². The van der Waals surface area contributed by atoms with Gasteiger partial charge in [0, 0.05) is 6.42 Å². The van der Waals surface area contributed by atoms with Gasteiger partial charge in [0.25, 0.3) is 5.92 Å². The highest BCUT2D eigenvalue weighted by molar-refractivity contribution is 5.85. The Balaban J connectivity index is 0.00000256. The first kappa shape index (κ1) is 16.6. The molecule has 0 bridgehead atoms. The number of hydrogen-bond acceptors (Lipinski definition) is 2. The van der Waals surface area contributed by atoms with Crippen molar-refractivity contribution in [3.63, 3.8) is 0 Å². The second kappa shape index (κ2) is 7.82. The molecule has 1 aliphatic rings. The van der Waals surface area contributed by atoms with Gasteiger partial charge in [0.2, 0.25) is 5.91 Å². The maximum atomic E-state index is 12.8. The lowest BCUT2D eigenvalue weighted by Crippen LogP contribution is -2.42. The standard InChI is InChI=1S/C11H20F2N2O.ClH/c12-11(13,7-14)8-15-10(16)6-9-4-2-1-3-5-9;/h9H,1-8,14H2,(H,15,16);1H. The predicted molar refractivity (Wildman–Crippen MR) is 65.5 cm³/mol. The number of hydrogen-bond donors (Lipinski definition) is 2. The Hall–Kier alpha value is -0.420. The highest BCUT2D eigenvalue weighted by Gasteiger charge is 2.27. The third-order valence-corrected chi connectivity index (χ3v) is 3.04. The van der Waals surface area contributed by atoms with Gasteiger partial charge in [-0.25, -0.2) is 8.78 Å². The molecule has 0 spiro atoms. The maximum absolute atomic E-state index is 12.8. The molecular weight excluding hydrogens is 250 g/mol. The summed E-state index contributed by atoms with van der Waals surface area (Å²) < 4.78 is 25.5. The number of halogens is 3. The second-order valence-electron chi connectivity index (χ2n) is 4.54. The minimum Gasteiger partial charge on any atom is -0.350 e. The zero-order valence-corrected chi connectivity index (χ0v) is 10.7. The number of carbonyl (C=O) groups excluding carboxylic acids is 1. The lowest BCUT2D eigenvalue weighted by atomic mass is 9.87. The van der Waals surface area contributed by atoms with Gasteiger partial charge in [-0.2, -0.15) is 0 Å². The van der Waals surface area contributed by atoms with Crippen LogP contribution < -0.4 is 11.1 Å². The monoisotopic (exact) mass is 270 g/mol. The van der Waals surface area contributed by atoms with Crippen LogP contribution in [0.15, 0.2) is 0 Å². The molecule has 0 aromatic heterocycles. The van der Waals surface area contributed by atoms with E-state index in [0.29, 0.717) is 12.3 Å². The van der Waals surface area contributed by atoms with E-state index in [1.807, 2.05) is 0 Å². The van der Waals surface area contributed by atoms with Crippen LogP contribution in [0.3, 0.4) is 0 Å². The molecule has 0 atom stereocenters. The first-order valence-corrected chi connectivity index (χ1v) is 5.88. The van der Waals surface area contributed by atoms with E-state index >= 15 is 0 Å². The van der Waals surface area contributed by atoms with Gasteiger partial charge in [-0.15, -0.1) is 12.4 Å². The average Bonchev–Trinajstić information content (AvgIpc) is 2.28. The summed E-state index contributed by atoms with van der Waals surface area (Å²) in [5.74, 6) is -2.89. The number of nitrogens with two attached hydrogens (primary N) is 1.